The van der Waals surface area contributed by atoms with Crippen LogP contribution in [0.2, 0.25) is 0 Å². The van der Waals surface area contributed by atoms with Gasteiger partial charge in [0, 0.05) is 45.6 Å². The molecule has 5 heteroatoms. The van der Waals surface area contributed by atoms with Crippen molar-refractivity contribution in [1.82, 2.24) is 4.98 Å². The van der Waals surface area contributed by atoms with E-state index in [4.69, 9.17) is 0 Å². The van der Waals surface area contributed by atoms with Gasteiger partial charge in [-0.2, -0.15) is 0 Å². The Balaban J connectivity index is 1.71. The number of rotatable bonds is 5. The number of fused-ring (bicyclic) bond motifs is 1. The van der Waals surface area contributed by atoms with Gasteiger partial charge < -0.3 is 10.3 Å². The highest BCUT2D eigenvalue weighted by Crippen LogP contribution is 2.19. The van der Waals surface area contributed by atoms with Crippen LogP contribution in [0.15, 0.2) is 54.7 Å². The average molecular weight is 326 g/mol. The smallest absolute Gasteiger partial charge is 0.228 e. The molecule has 118 valence electrons. The monoisotopic (exact) mass is 326 g/mol. The summed E-state index contributed by atoms with van der Waals surface area (Å²) in [6.07, 6.45) is 3.86. The lowest BCUT2D eigenvalue weighted by Crippen LogP contribution is -2.14. The summed E-state index contributed by atoms with van der Waals surface area (Å²) in [7, 11) is -0.896. The summed E-state index contributed by atoms with van der Waals surface area (Å²) in [5.41, 5.74) is 3.69. The van der Waals surface area contributed by atoms with Crippen LogP contribution in [0, 0.1) is 0 Å². The van der Waals surface area contributed by atoms with Crippen LogP contribution in [0.1, 0.15) is 11.1 Å². The van der Waals surface area contributed by atoms with Crippen molar-refractivity contribution in [2.24, 2.45) is 0 Å². The zero-order valence-electron chi connectivity index (χ0n) is 12.8. The van der Waals surface area contributed by atoms with Crippen molar-refractivity contribution in [2.45, 2.75) is 12.2 Å². The van der Waals surface area contributed by atoms with E-state index in [1.807, 2.05) is 54.7 Å². The number of carbonyl (C=O) groups excluding carboxylic acids is 1. The fourth-order valence-corrected chi connectivity index (χ4v) is 3.28. The molecule has 0 spiro atoms. The number of H-pyrrole nitrogens is 1. The molecule has 1 aromatic heterocycles. The Kier molecular flexibility index (Phi) is 4.57. The quantitative estimate of drug-likeness (QED) is 0.756. The Morgan fingerprint density at radius 1 is 1.17 bits per heavy atom. The van der Waals surface area contributed by atoms with Gasteiger partial charge in [-0.05, 0) is 29.3 Å². The second kappa shape index (κ2) is 6.79. The Bertz CT molecular complexity index is 870. The number of aromatic nitrogens is 1. The van der Waals surface area contributed by atoms with Crippen molar-refractivity contribution in [3.63, 3.8) is 0 Å². The molecule has 0 bridgehead atoms. The van der Waals surface area contributed by atoms with Crippen LogP contribution in [-0.4, -0.2) is 21.4 Å². The number of anilines is 1. The standard InChI is InChI=1S/C18H18N2O2S/c1-23(22)12-13-5-4-6-15(9-13)20-18(21)10-14-11-19-17-8-3-2-7-16(14)17/h2-9,11,19H,10,12H2,1H3,(H,20,21). The van der Waals surface area contributed by atoms with Crippen molar-refractivity contribution in [3.8, 4) is 0 Å². The van der Waals surface area contributed by atoms with E-state index in [1.54, 1.807) is 6.26 Å². The third-order valence-corrected chi connectivity index (χ3v) is 4.35. The molecule has 4 nitrogen and oxygen atoms in total. The van der Waals surface area contributed by atoms with Crippen LogP contribution in [-0.2, 0) is 27.8 Å². The maximum Gasteiger partial charge on any atom is 0.228 e. The molecule has 0 saturated carbocycles. The van der Waals surface area contributed by atoms with Crippen LogP contribution in [0.3, 0.4) is 0 Å². The SMILES string of the molecule is CS(=O)Cc1cccc(NC(=O)Cc2c[nH]c3ccccc23)c1. The van der Waals surface area contributed by atoms with Gasteiger partial charge in [0.2, 0.25) is 5.91 Å². The zero-order chi connectivity index (χ0) is 16.2. The first-order valence-corrected chi connectivity index (χ1v) is 9.08. The predicted molar refractivity (Wildman–Crippen MR) is 94.8 cm³/mol. The largest absolute Gasteiger partial charge is 0.361 e. The summed E-state index contributed by atoms with van der Waals surface area (Å²) < 4.78 is 11.3. The first kappa shape index (κ1) is 15.5. The minimum Gasteiger partial charge on any atom is -0.361 e. The molecule has 1 unspecified atom stereocenters. The lowest BCUT2D eigenvalue weighted by Gasteiger charge is -2.07. The highest BCUT2D eigenvalue weighted by atomic mass is 32.2. The van der Waals surface area contributed by atoms with Crippen molar-refractivity contribution in [2.75, 3.05) is 11.6 Å². The van der Waals surface area contributed by atoms with Gasteiger partial charge in [-0.15, -0.1) is 0 Å². The van der Waals surface area contributed by atoms with Gasteiger partial charge in [-0.3, -0.25) is 9.00 Å². The van der Waals surface area contributed by atoms with E-state index >= 15 is 0 Å². The van der Waals surface area contributed by atoms with E-state index < -0.39 is 10.8 Å². The zero-order valence-corrected chi connectivity index (χ0v) is 13.7. The fraction of sp³-hybridized carbons (Fsp3) is 0.167. The van der Waals surface area contributed by atoms with Crippen molar-refractivity contribution < 1.29 is 9.00 Å². The van der Waals surface area contributed by atoms with Gasteiger partial charge in [0.1, 0.15) is 0 Å². The molecule has 3 aromatic rings. The van der Waals surface area contributed by atoms with Crippen LogP contribution in [0.5, 0.6) is 0 Å². The molecule has 0 aliphatic rings. The highest BCUT2D eigenvalue weighted by molar-refractivity contribution is 7.83. The van der Waals surface area contributed by atoms with Gasteiger partial charge in [-0.25, -0.2) is 0 Å². The molecule has 0 aliphatic heterocycles. The first-order valence-electron chi connectivity index (χ1n) is 7.35. The van der Waals surface area contributed by atoms with E-state index in [0.717, 1.165) is 27.7 Å². The van der Waals surface area contributed by atoms with Crippen molar-refractivity contribution >= 4 is 33.3 Å². The van der Waals surface area contributed by atoms with Gasteiger partial charge in [0.15, 0.2) is 0 Å². The molecule has 1 heterocycles. The number of para-hydroxylation sites is 1. The van der Waals surface area contributed by atoms with Crippen LogP contribution >= 0.6 is 0 Å². The predicted octanol–water partition coefficient (Wildman–Crippen LogP) is 3.23. The summed E-state index contributed by atoms with van der Waals surface area (Å²) in [5.74, 6) is 0.427. The molecule has 0 fully saturated rings. The van der Waals surface area contributed by atoms with Gasteiger partial charge in [-0.1, -0.05) is 30.3 Å². The van der Waals surface area contributed by atoms with Crippen molar-refractivity contribution in [1.29, 1.82) is 0 Å². The number of aromatic amines is 1. The van der Waals surface area contributed by atoms with Crippen molar-refractivity contribution in [3.05, 3.63) is 65.9 Å². The Morgan fingerprint density at radius 3 is 2.83 bits per heavy atom. The molecule has 3 rings (SSSR count). The summed E-state index contributed by atoms with van der Waals surface area (Å²) >= 11 is 0. The summed E-state index contributed by atoms with van der Waals surface area (Å²) in [4.78, 5) is 15.4. The third-order valence-electron chi connectivity index (χ3n) is 3.61. The van der Waals surface area contributed by atoms with Gasteiger partial charge in [0.25, 0.3) is 0 Å². The Morgan fingerprint density at radius 2 is 2.00 bits per heavy atom. The van der Waals surface area contributed by atoms with Crippen LogP contribution < -0.4 is 5.32 Å². The van der Waals surface area contributed by atoms with Crippen LogP contribution in [0.4, 0.5) is 5.69 Å². The van der Waals surface area contributed by atoms with E-state index in [2.05, 4.69) is 10.3 Å². The molecule has 23 heavy (non-hydrogen) atoms. The number of amides is 1. The number of hydrogen-bond acceptors (Lipinski definition) is 2. The van der Waals surface area contributed by atoms with E-state index in [1.165, 1.54) is 0 Å². The normalized spacial score (nSPS) is 12.2. The van der Waals surface area contributed by atoms with E-state index in [9.17, 15) is 9.00 Å². The lowest BCUT2D eigenvalue weighted by molar-refractivity contribution is -0.115. The van der Waals surface area contributed by atoms with Gasteiger partial charge >= 0.3 is 0 Å². The minimum atomic E-state index is -0.896. The average Bonchev–Trinajstić information content (AvgIpc) is 2.90. The summed E-state index contributed by atoms with van der Waals surface area (Å²) in [5, 5.41) is 3.97. The topological polar surface area (TPSA) is 62.0 Å². The second-order valence-corrected chi connectivity index (χ2v) is 6.94. The number of carbonyl (C=O) groups is 1. The van der Waals surface area contributed by atoms with E-state index in [0.29, 0.717) is 12.2 Å². The highest BCUT2D eigenvalue weighted by Gasteiger charge is 2.09. The molecule has 0 radical (unpaired) electrons. The maximum absolute atomic E-state index is 12.3. The summed E-state index contributed by atoms with van der Waals surface area (Å²) in [6, 6.07) is 15.4. The molecule has 2 N–H and O–H groups in total. The molecular formula is C18H18N2O2S. The number of hydrogen-bond donors (Lipinski definition) is 2. The maximum atomic E-state index is 12.3. The lowest BCUT2D eigenvalue weighted by atomic mass is 10.1. The Hall–Kier alpha value is -2.40. The molecule has 1 amide bonds. The molecule has 2 aromatic carbocycles. The number of benzene rings is 2. The second-order valence-electron chi connectivity index (χ2n) is 5.50. The molecule has 1 atom stereocenters. The number of nitrogens with one attached hydrogen (secondary N) is 2. The first-order chi connectivity index (χ1) is 11.1. The molecule has 0 saturated heterocycles. The third kappa shape index (κ3) is 3.87. The fourth-order valence-electron chi connectivity index (χ4n) is 2.63. The Labute approximate surface area is 137 Å². The van der Waals surface area contributed by atoms with Crippen LogP contribution in [0.25, 0.3) is 10.9 Å². The van der Waals surface area contributed by atoms with Gasteiger partial charge in [0.05, 0.1) is 6.42 Å². The summed E-state index contributed by atoms with van der Waals surface area (Å²) in [6.45, 7) is 0. The molecule has 0 aliphatic carbocycles. The van der Waals surface area contributed by atoms with E-state index in [-0.39, 0.29) is 5.91 Å². The minimum absolute atomic E-state index is 0.0653. The molecular weight excluding hydrogens is 308 g/mol.